The molecule has 1 aliphatic heterocycles. The summed E-state index contributed by atoms with van der Waals surface area (Å²) in [6, 6.07) is 0.661. The number of nitrogens with one attached hydrogen (secondary N) is 1. The summed E-state index contributed by atoms with van der Waals surface area (Å²) in [6.45, 7) is 3.79. The number of hydrogen-bond acceptors (Lipinski definition) is 3. The van der Waals surface area contributed by atoms with Crippen LogP contribution in [0.4, 0.5) is 0 Å². The lowest BCUT2D eigenvalue weighted by Crippen LogP contribution is -2.28. The third kappa shape index (κ3) is 3.42. The summed E-state index contributed by atoms with van der Waals surface area (Å²) in [6.07, 6.45) is 7.34. The Kier molecular flexibility index (Phi) is 4.27. The highest BCUT2D eigenvalue weighted by Gasteiger charge is 1.99. The molecule has 0 amide bonds. The molecular formula is C9H16N2O. The Bertz CT molecular complexity index is 175. The summed E-state index contributed by atoms with van der Waals surface area (Å²) >= 11 is 0. The van der Waals surface area contributed by atoms with E-state index >= 15 is 0 Å². The minimum Gasteiger partial charge on any atom is -0.461 e. The smallest absolute Gasteiger partial charge is 0.289 e. The lowest BCUT2D eigenvalue weighted by molar-refractivity contribution is 0.325. The second-order valence-corrected chi connectivity index (χ2v) is 2.76. The van der Waals surface area contributed by atoms with Crippen LogP contribution in [0.15, 0.2) is 17.3 Å². The summed E-state index contributed by atoms with van der Waals surface area (Å²) in [5.74, 6) is 0. The molecule has 0 aromatic heterocycles. The summed E-state index contributed by atoms with van der Waals surface area (Å²) < 4.78 is 5.21. The highest BCUT2D eigenvalue weighted by Crippen LogP contribution is 1.94. The van der Waals surface area contributed by atoms with Gasteiger partial charge in [-0.25, -0.2) is 4.99 Å². The molecule has 0 aliphatic carbocycles. The van der Waals surface area contributed by atoms with Crippen molar-refractivity contribution in [1.82, 2.24) is 5.32 Å². The molecule has 0 radical (unpaired) electrons. The lowest BCUT2D eigenvalue weighted by Gasteiger charge is -2.11. The Hall–Kier alpha value is -0.990. The predicted molar refractivity (Wildman–Crippen MR) is 50.1 cm³/mol. The van der Waals surface area contributed by atoms with Crippen LogP contribution < -0.4 is 5.32 Å². The molecule has 0 atom stereocenters. The number of rotatable bonds is 4. The molecule has 12 heavy (non-hydrogen) atoms. The van der Waals surface area contributed by atoms with Gasteiger partial charge in [0.15, 0.2) is 0 Å². The van der Waals surface area contributed by atoms with Gasteiger partial charge in [0.05, 0.1) is 0 Å². The molecule has 1 N–H and O–H groups in total. The van der Waals surface area contributed by atoms with Gasteiger partial charge < -0.3 is 10.1 Å². The van der Waals surface area contributed by atoms with Gasteiger partial charge in [0, 0.05) is 12.7 Å². The van der Waals surface area contributed by atoms with Crippen molar-refractivity contribution in [1.29, 1.82) is 0 Å². The van der Waals surface area contributed by atoms with Crippen molar-refractivity contribution in [3.8, 4) is 0 Å². The predicted octanol–water partition coefficient (Wildman–Crippen LogP) is 1.67. The van der Waals surface area contributed by atoms with E-state index < -0.39 is 0 Å². The highest BCUT2D eigenvalue weighted by atomic mass is 16.5. The Labute approximate surface area is 73.5 Å². The summed E-state index contributed by atoms with van der Waals surface area (Å²) in [4.78, 5) is 4.03. The van der Waals surface area contributed by atoms with E-state index in [2.05, 4.69) is 17.2 Å². The third-order valence-corrected chi connectivity index (χ3v) is 1.67. The Balaban J connectivity index is 2.06. The summed E-state index contributed by atoms with van der Waals surface area (Å²) in [5, 5.41) is 3.13. The molecule has 0 bridgehead atoms. The fourth-order valence-electron chi connectivity index (χ4n) is 0.995. The fourth-order valence-corrected chi connectivity index (χ4v) is 0.995. The van der Waals surface area contributed by atoms with Gasteiger partial charge in [0.25, 0.3) is 6.02 Å². The number of aliphatic imine (C=N–C) groups is 1. The van der Waals surface area contributed by atoms with Gasteiger partial charge in [-0.1, -0.05) is 19.8 Å². The standard InChI is InChI=1S/C9H16N2O/c1-2-3-4-6-10-9-11-7-5-8-12-9/h5,7H,2-4,6,8H2,1H3,(H,10,11). The fraction of sp³-hybridized carbons (Fsp3) is 0.667. The maximum atomic E-state index is 5.21. The van der Waals surface area contributed by atoms with Crippen LogP contribution in [-0.2, 0) is 4.74 Å². The molecule has 1 rings (SSSR count). The van der Waals surface area contributed by atoms with Crippen molar-refractivity contribution >= 4 is 6.02 Å². The van der Waals surface area contributed by atoms with Crippen LogP contribution in [0, 0.1) is 0 Å². The summed E-state index contributed by atoms with van der Waals surface area (Å²) in [7, 11) is 0. The van der Waals surface area contributed by atoms with Gasteiger partial charge >= 0.3 is 0 Å². The van der Waals surface area contributed by atoms with E-state index in [4.69, 9.17) is 4.74 Å². The van der Waals surface area contributed by atoms with Crippen LogP contribution in [-0.4, -0.2) is 19.2 Å². The molecule has 0 saturated heterocycles. The van der Waals surface area contributed by atoms with Crippen molar-refractivity contribution in [3.63, 3.8) is 0 Å². The molecule has 0 aromatic carbocycles. The van der Waals surface area contributed by atoms with Gasteiger partial charge in [-0.3, -0.25) is 0 Å². The SMILES string of the molecule is CCCCCNC1=NC=CCO1. The maximum Gasteiger partial charge on any atom is 0.289 e. The van der Waals surface area contributed by atoms with E-state index in [0.717, 1.165) is 6.54 Å². The van der Waals surface area contributed by atoms with E-state index in [-0.39, 0.29) is 0 Å². The molecule has 0 saturated carbocycles. The monoisotopic (exact) mass is 168 g/mol. The van der Waals surface area contributed by atoms with Crippen molar-refractivity contribution in [2.24, 2.45) is 4.99 Å². The molecule has 0 aromatic rings. The average Bonchev–Trinajstić information content (AvgIpc) is 2.14. The molecule has 3 nitrogen and oxygen atoms in total. The highest BCUT2D eigenvalue weighted by molar-refractivity contribution is 5.74. The van der Waals surface area contributed by atoms with E-state index in [1.54, 1.807) is 6.20 Å². The molecule has 0 fully saturated rings. The van der Waals surface area contributed by atoms with Crippen molar-refractivity contribution in [3.05, 3.63) is 12.3 Å². The Morgan fingerprint density at radius 1 is 1.58 bits per heavy atom. The topological polar surface area (TPSA) is 33.6 Å². The number of nitrogens with zero attached hydrogens (tertiary/aromatic N) is 1. The van der Waals surface area contributed by atoms with Crippen LogP contribution >= 0.6 is 0 Å². The first-order valence-electron chi connectivity index (χ1n) is 4.53. The minimum absolute atomic E-state index is 0.639. The van der Waals surface area contributed by atoms with Crippen LogP contribution in [0.25, 0.3) is 0 Å². The lowest BCUT2D eigenvalue weighted by atomic mass is 10.2. The second-order valence-electron chi connectivity index (χ2n) is 2.76. The first kappa shape index (κ1) is 9.10. The maximum absolute atomic E-state index is 5.21. The van der Waals surface area contributed by atoms with Crippen molar-refractivity contribution in [2.75, 3.05) is 13.2 Å². The van der Waals surface area contributed by atoms with Crippen LogP contribution in [0.3, 0.4) is 0 Å². The van der Waals surface area contributed by atoms with Crippen molar-refractivity contribution in [2.45, 2.75) is 26.2 Å². The minimum atomic E-state index is 0.639. The zero-order valence-corrected chi connectivity index (χ0v) is 7.55. The Morgan fingerprint density at radius 3 is 3.17 bits per heavy atom. The summed E-state index contributed by atoms with van der Waals surface area (Å²) in [5.41, 5.74) is 0. The van der Waals surface area contributed by atoms with E-state index in [9.17, 15) is 0 Å². The molecule has 3 heteroatoms. The van der Waals surface area contributed by atoms with Crippen LogP contribution in [0.2, 0.25) is 0 Å². The molecular weight excluding hydrogens is 152 g/mol. The molecule has 0 unspecified atom stereocenters. The zero-order valence-electron chi connectivity index (χ0n) is 7.55. The van der Waals surface area contributed by atoms with Gasteiger partial charge in [-0.2, -0.15) is 0 Å². The van der Waals surface area contributed by atoms with Crippen molar-refractivity contribution < 1.29 is 4.74 Å². The van der Waals surface area contributed by atoms with Crippen LogP contribution in [0.1, 0.15) is 26.2 Å². The zero-order chi connectivity index (χ0) is 8.65. The molecule has 68 valence electrons. The van der Waals surface area contributed by atoms with Gasteiger partial charge in [0.2, 0.25) is 0 Å². The molecule has 0 spiro atoms. The van der Waals surface area contributed by atoms with E-state index in [1.165, 1.54) is 19.3 Å². The van der Waals surface area contributed by atoms with Gasteiger partial charge in [0.1, 0.15) is 6.61 Å². The number of unbranched alkanes of at least 4 members (excludes halogenated alkanes) is 2. The normalized spacial score (nSPS) is 15.2. The second kappa shape index (κ2) is 5.63. The van der Waals surface area contributed by atoms with Crippen LogP contribution in [0.5, 0.6) is 0 Å². The van der Waals surface area contributed by atoms with E-state index in [1.807, 2.05) is 6.08 Å². The first-order chi connectivity index (χ1) is 5.93. The largest absolute Gasteiger partial charge is 0.461 e. The molecule has 1 heterocycles. The molecule has 1 aliphatic rings. The third-order valence-electron chi connectivity index (χ3n) is 1.67. The van der Waals surface area contributed by atoms with Gasteiger partial charge in [-0.15, -0.1) is 0 Å². The quantitative estimate of drug-likeness (QED) is 0.648. The number of ether oxygens (including phenoxy) is 1. The first-order valence-corrected chi connectivity index (χ1v) is 4.53. The average molecular weight is 168 g/mol. The van der Waals surface area contributed by atoms with E-state index in [0.29, 0.717) is 12.6 Å². The van der Waals surface area contributed by atoms with Gasteiger partial charge in [-0.05, 0) is 12.5 Å². The Morgan fingerprint density at radius 2 is 2.50 bits per heavy atom. The number of hydrogen-bond donors (Lipinski definition) is 1. The number of amidine groups is 1.